The standard InChI is InChI=1S/C12H13N3O2/c13-6-5-11(17)15-9-3-4-10(16)12-8(9)2-1-7-14-12/h3-4,14,16H,1-2,5,7H2,(H,15,17). The van der Waals surface area contributed by atoms with Crippen LogP contribution in [0.15, 0.2) is 12.1 Å². The number of anilines is 2. The van der Waals surface area contributed by atoms with Gasteiger partial charge in [0.05, 0.1) is 11.8 Å². The van der Waals surface area contributed by atoms with Crippen molar-refractivity contribution < 1.29 is 9.90 Å². The van der Waals surface area contributed by atoms with E-state index in [1.165, 1.54) is 0 Å². The maximum atomic E-state index is 11.4. The number of hydrogen-bond acceptors (Lipinski definition) is 4. The number of phenols is 1. The lowest BCUT2D eigenvalue weighted by atomic mass is 10.0. The van der Waals surface area contributed by atoms with Gasteiger partial charge in [0.25, 0.3) is 0 Å². The Morgan fingerprint density at radius 1 is 1.59 bits per heavy atom. The van der Waals surface area contributed by atoms with E-state index in [9.17, 15) is 9.90 Å². The maximum Gasteiger partial charge on any atom is 0.238 e. The van der Waals surface area contributed by atoms with E-state index in [0.717, 1.165) is 24.9 Å². The van der Waals surface area contributed by atoms with Gasteiger partial charge in [-0.05, 0) is 25.0 Å². The second kappa shape index (κ2) is 4.74. The average molecular weight is 231 g/mol. The molecule has 5 nitrogen and oxygen atoms in total. The molecule has 0 bridgehead atoms. The van der Waals surface area contributed by atoms with E-state index in [1.54, 1.807) is 18.2 Å². The molecule has 5 heteroatoms. The van der Waals surface area contributed by atoms with Gasteiger partial charge < -0.3 is 15.7 Å². The third-order valence-electron chi connectivity index (χ3n) is 2.71. The number of aromatic hydroxyl groups is 1. The molecule has 17 heavy (non-hydrogen) atoms. The highest BCUT2D eigenvalue weighted by Crippen LogP contribution is 2.36. The Morgan fingerprint density at radius 2 is 2.41 bits per heavy atom. The monoisotopic (exact) mass is 231 g/mol. The summed E-state index contributed by atoms with van der Waals surface area (Å²) in [6, 6.07) is 5.01. The number of amides is 1. The van der Waals surface area contributed by atoms with Crippen LogP contribution in [0.5, 0.6) is 5.75 Å². The van der Waals surface area contributed by atoms with E-state index < -0.39 is 0 Å². The summed E-state index contributed by atoms with van der Waals surface area (Å²) in [5.74, 6) is -0.135. The molecule has 0 atom stereocenters. The molecule has 88 valence electrons. The molecular formula is C12H13N3O2. The van der Waals surface area contributed by atoms with Crippen molar-refractivity contribution in [3.8, 4) is 11.8 Å². The molecular weight excluding hydrogens is 218 g/mol. The van der Waals surface area contributed by atoms with Gasteiger partial charge in [-0.1, -0.05) is 0 Å². The van der Waals surface area contributed by atoms with Gasteiger partial charge in [0.2, 0.25) is 5.91 Å². The Balaban J connectivity index is 2.29. The Bertz CT molecular complexity index is 491. The number of nitriles is 1. The normalized spacial score (nSPS) is 13.1. The second-order valence-corrected chi connectivity index (χ2v) is 3.90. The minimum atomic E-state index is -0.328. The largest absolute Gasteiger partial charge is 0.506 e. The van der Waals surface area contributed by atoms with Crippen LogP contribution in [0.4, 0.5) is 11.4 Å². The molecule has 0 fully saturated rings. The molecule has 1 heterocycles. The molecule has 2 rings (SSSR count). The molecule has 1 aromatic rings. The van der Waals surface area contributed by atoms with Crippen molar-refractivity contribution in [3.63, 3.8) is 0 Å². The summed E-state index contributed by atoms with van der Waals surface area (Å²) < 4.78 is 0. The first-order valence-electron chi connectivity index (χ1n) is 5.48. The van der Waals surface area contributed by atoms with Crippen molar-refractivity contribution in [3.05, 3.63) is 17.7 Å². The summed E-state index contributed by atoms with van der Waals surface area (Å²) in [6.07, 6.45) is 1.60. The zero-order chi connectivity index (χ0) is 12.3. The lowest BCUT2D eigenvalue weighted by Gasteiger charge is -2.22. The highest BCUT2D eigenvalue weighted by Gasteiger charge is 2.17. The SMILES string of the molecule is N#CCC(=O)Nc1ccc(O)c2c1CCCN2. The number of benzene rings is 1. The van der Waals surface area contributed by atoms with Gasteiger partial charge in [0.1, 0.15) is 12.2 Å². The summed E-state index contributed by atoms with van der Waals surface area (Å²) >= 11 is 0. The van der Waals surface area contributed by atoms with Crippen LogP contribution in [-0.2, 0) is 11.2 Å². The number of nitrogens with one attached hydrogen (secondary N) is 2. The molecule has 0 saturated carbocycles. The van der Waals surface area contributed by atoms with Gasteiger partial charge in [-0.2, -0.15) is 5.26 Å². The van der Waals surface area contributed by atoms with Crippen molar-refractivity contribution in [2.75, 3.05) is 17.2 Å². The minimum absolute atomic E-state index is 0.164. The summed E-state index contributed by atoms with van der Waals surface area (Å²) in [5.41, 5.74) is 2.26. The fourth-order valence-corrected chi connectivity index (χ4v) is 1.95. The fraction of sp³-hybridized carbons (Fsp3) is 0.333. The number of nitrogens with zero attached hydrogens (tertiary/aromatic N) is 1. The van der Waals surface area contributed by atoms with E-state index in [2.05, 4.69) is 10.6 Å². The van der Waals surface area contributed by atoms with E-state index in [0.29, 0.717) is 11.4 Å². The van der Waals surface area contributed by atoms with Crippen molar-refractivity contribution in [1.82, 2.24) is 0 Å². The van der Waals surface area contributed by atoms with Gasteiger partial charge in [-0.15, -0.1) is 0 Å². The molecule has 3 N–H and O–H groups in total. The Hall–Kier alpha value is -2.22. The van der Waals surface area contributed by atoms with Crippen LogP contribution >= 0.6 is 0 Å². The van der Waals surface area contributed by atoms with Crippen LogP contribution in [0.25, 0.3) is 0 Å². The van der Waals surface area contributed by atoms with Crippen LogP contribution < -0.4 is 10.6 Å². The van der Waals surface area contributed by atoms with Crippen LogP contribution in [0.1, 0.15) is 18.4 Å². The molecule has 1 aliphatic heterocycles. The third-order valence-corrected chi connectivity index (χ3v) is 2.71. The highest BCUT2D eigenvalue weighted by atomic mass is 16.3. The molecule has 1 aliphatic rings. The smallest absolute Gasteiger partial charge is 0.238 e. The van der Waals surface area contributed by atoms with Crippen LogP contribution in [0.2, 0.25) is 0 Å². The zero-order valence-electron chi connectivity index (χ0n) is 9.29. The zero-order valence-corrected chi connectivity index (χ0v) is 9.29. The maximum absolute atomic E-state index is 11.4. The van der Waals surface area contributed by atoms with Crippen molar-refractivity contribution in [2.24, 2.45) is 0 Å². The molecule has 0 aliphatic carbocycles. The van der Waals surface area contributed by atoms with Crippen LogP contribution in [0.3, 0.4) is 0 Å². The molecule has 0 saturated heterocycles. The lowest BCUT2D eigenvalue weighted by molar-refractivity contribution is -0.115. The van der Waals surface area contributed by atoms with Gasteiger partial charge in [0.15, 0.2) is 0 Å². The summed E-state index contributed by atoms with van der Waals surface area (Å²) in [6.45, 7) is 0.816. The lowest BCUT2D eigenvalue weighted by Crippen LogP contribution is -2.17. The van der Waals surface area contributed by atoms with Crippen LogP contribution in [-0.4, -0.2) is 17.6 Å². The first kappa shape index (κ1) is 11.3. The van der Waals surface area contributed by atoms with Gasteiger partial charge >= 0.3 is 0 Å². The molecule has 0 radical (unpaired) electrons. The Labute approximate surface area is 99.1 Å². The highest BCUT2D eigenvalue weighted by molar-refractivity contribution is 5.94. The number of carbonyl (C=O) groups excluding carboxylic acids is 1. The Morgan fingerprint density at radius 3 is 3.18 bits per heavy atom. The summed E-state index contributed by atoms with van der Waals surface area (Å²) in [4.78, 5) is 11.4. The molecule has 0 spiro atoms. The third kappa shape index (κ3) is 2.31. The quantitative estimate of drug-likeness (QED) is 0.533. The molecule has 1 amide bonds. The number of fused-ring (bicyclic) bond motifs is 1. The molecule has 0 unspecified atom stereocenters. The summed E-state index contributed by atoms with van der Waals surface area (Å²) in [5, 5.41) is 23.9. The average Bonchev–Trinajstić information content (AvgIpc) is 2.34. The van der Waals surface area contributed by atoms with Crippen LogP contribution in [0, 0.1) is 11.3 Å². The van der Waals surface area contributed by atoms with Crippen molar-refractivity contribution in [1.29, 1.82) is 5.26 Å². The van der Waals surface area contributed by atoms with Gasteiger partial charge in [-0.25, -0.2) is 0 Å². The predicted octanol–water partition coefficient (Wildman–Crippen LogP) is 1.60. The van der Waals surface area contributed by atoms with E-state index >= 15 is 0 Å². The fourth-order valence-electron chi connectivity index (χ4n) is 1.95. The summed E-state index contributed by atoms with van der Waals surface area (Å²) in [7, 11) is 0. The minimum Gasteiger partial charge on any atom is -0.506 e. The number of phenolic OH excluding ortho intramolecular Hbond substituents is 1. The van der Waals surface area contributed by atoms with Gasteiger partial charge in [-0.3, -0.25) is 4.79 Å². The predicted molar refractivity (Wildman–Crippen MR) is 63.8 cm³/mol. The molecule has 1 aromatic carbocycles. The van der Waals surface area contributed by atoms with E-state index in [1.807, 2.05) is 0 Å². The van der Waals surface area contributed by atoms with E-state index in [4.69, 9.17) is 5.26 Å². The van der Waals surface area contributed by atoms with Gasteiger partial charge in [0, 0.05) is 17.8 Å². The number of carbonyl (C=O) groups is 1. The number of hydrogen-bond donors (Lipinski definition) is 3. The Kier molecular flexibility index (Phi) is 3.15. The van der Waals surface area contributed by atoms with E-state index in [-0.39, 0.29) is 18.1 Å². The first-order valence-corrected chi connectivity index (χ1v) is 5.48. The topological polar surface area (TPSA) is 85.2 Å². The van der Waals surface area contributed by atoms with Crippen molar-refractivity contribution in [2.45, 2.75) is 19.3 Å². The van der Waals surface area contributed by atoms with Crippen molar-refractivity contribution >= 4 is 17.3 Å². The molecule has 0 aromatic heterocycles. The first-order chi connectivity index (χ1) is 8.22. The number of rotatable bonds is 2. The second-order valence-electron chi connectivity index (χ2n) is 3.90.